The van der Waals surface area contributed by atoms with Crippen LogP contribution in [0.3, 0.4) is 0 Å². The lowest BCUT2D eigenvalue weighted by atomic mass is 10.0. The number of hydrogen-bond donors (Lipinski definition) is 2. The molecule has 0 bridgehead atoms. The lowest BCUT2D eigenvalue weighted by molar-refractivity contribution is -0.116. The number of aliphatic hydroxyl groups is 1. The normalized spacial score (nSPS) is 13.5. The second-order valence-corrected chi connectivity index (χ2v) is 5.26. The Labute approximate surface area is 127 Å². The summed E-state index contributed by atoms with van der Waals surface area (Å²) in [5, 5.41) is 12.6. The maximum atomic E-state index is 11.3. The first-order valence-electron chi connectivity index (χ1n) is 6.66. The SMILES string of the molecule is O=C1CCc2cc(Oc3c(Cl)cccc3CO)ccc2N1. The fourth-order valence-corrected chi connectivity index (χ4v) is 2.57. The monoisotopic (exact) mass is 303 g/mol. The molecule has 2 aromatic carbocycles. The number of para-hydroxylation sites is 1. The van der Waals surface area contributed by atoms with Gasteiger partial charge in [-0.25, -0.2) is 0 Å². The van der Waals surface area contributed by atoms with Gasteiger partial charge in [0.25, 0.3) is 0 Å². The van der Waals surface area contributed by atoms with Crippen LogP contribution in [-0.2, 0) is 17.8 Å². The summed E-state index contributed by atoms with van der Waals surface area (Å²) in [5.41, 5.74) is 2.48. The summed E-state index contributed by atoms with van der Waals surface area (Å²) in [4.78, 5) is 11.3. The van der Waals surface area contributed by atoms with Crippen molar-refractivity contribution in [2.75, 3.05) is 5.32 Å². The van der Waals surface area contributed by atoms with E-state index >= 15 is 0 Å². The van der Waals surface area contributed by atoms with E-state index in [0.717, 1.165) is 11.3 Å². The number of halogens is 1. The van der Waals surface area contributed by atoms with Gasteiger partial charge in [-0.1, -0.05) is 23.7 Å². The summed E-state index contributed by atoms with van der Waals surface area (Å²) in [7, 11) is 0. The zero-order valence-electron chi connectivity index (χ0n) is 11.2. The molecule has 2 N–H and O–H groups in total. The molecule has 0 unspecified atom stereocenters. The highest BCUT2D eigenvalue weighted by Crippen LogP contribution is 2.35. The van der Waals surface area contributed by atoms with E-state index in [2.05, 4.69) is 5.32 Å². The molecule has 2 aromatic rings. The van der Waals surface area contributed by atoms with Crippen LogP contribution >= 0.6 is 11.6 Å². The Morgan fingerprint density at radius 1 is 1.24 bits per heavy atom. The van der Waals surface area contributed by atoms with Gasteiger partial charge in [-0.05, 0) is 36.2 Å². The Hall–Kier alpha value is -2.04. The number of anilines is 1. The molecule has 0 atom stereocenters. The Morgan fingerprint density at radius 3 is 2.90 bits per heavy atom. The molecule has 0 aromatic heterocycles. The van der Waals surface area contributed by atoms with E-state index in [4.69, 9.17) is 16.3 Å². The molecule has 1 aliphatic heterocycles. The predicted octanol–water partition coefficient (Wildman–Crippen LogP) is 3.51. The maximum Gasteiger partial charge on any atom is 0.224 e. The number of nitrogens with one attached hydrogen (secondary N) is 1. The van der Waals surface area contributed by atoms with Gasteiger partial charge in [0.2, 0.25) is 5.91 Å². The second kappa shape index (κ2) is 5.76. The number of aliphatic hydroxyl groups excluding tert-OH is 1. The van der Waals surface area contributed by atoms with E-state index in [-0.39, 0.29) is 12.5 Å². The molecule has 21 heavy (non-hydrogen) atoms. The molecule has 1 heterocycles. The Balaban J connectivity index is 1.91. The average Bonchev–Trinajstić information content (AvgIpc) is 2.49. The number of ether oxygens (including phenoxy) is 1. The molecule has 4 nitrogen and oxygen atoms in total. The van der Waals surface area contributed by atoms with Crippen LogP contribution in [-0.4, -0.2) is 11.0 Å². The Kier molecular flexibility index (Phi) is 3.82. The van der Waals surface area contributed by atoms with Crippen molar-refractivity contribution in [3.63, 3.8) is 0 Å². The van der Waals surface area contributed by atoms with Gasteiger partial charge >= 0.3 is 0 Å². The number of carbonyl (C=O) groups excluding carboxylic acids is 1. The van der Waals surface area contributed by atoms with Gasteiger partial charge in [-0.3, -0.25) is 4.79 Å². The predicted molar refractivity (Wildman–Crippen MR) is 80.8 cm³/mol. The summed E-state index contributed by atoms with van der Waals surface area (Å²) in [6.45, 7) is -0.142. The minimum Gasteiger partial charge on any atom is -0.455 e. The summed E-state index contributed by atoms with van der Waals surface area (Å²) in [6.07, 6.45) is 1.16. The number of rotatable bonds is 3. The summed E-state index contributed by atoms with van der Waals surface area (Å²) < 4.78 is 5.82. The van der Waals surface area contributed by atoms with Crippen LogP contribution in [0.5, 0.6) is 11.5 Å². The van der Waals surface area contributed by atoms with Gasteiger partial charge in [0, 0.05) is 17.7 Å². The molecular weight excluding hydrogens is 290 g/mol. The molecule has 0 saturated carbocycles. The van der Waals surface area contributed by atoms with E-state index in [9.17, 15) is 9.90 Å². The quantitative estimate of drug-likeness (QED) is 0.912. The molecule has 0 spiro atoms. The molecular formula is C16H14ClNO3. The lowest BCUT2D eigenvalue weighted by Crippen LogP contribution is -2.18. The Morgan fingerprint density at radius 2 is 2.10 bits per heavy atom. The van der Waals surface area contributed by atoms with E-state index in [1.165, 1.54) is 0 Å². The third-order valence-corrected chi connectivity index (χ3v) is 3.71. The third-order valence-electron chi connectivity index (χ3n) is 3.41. The second-order valence-electron chi connectivity index (χ2n) is 4.86. The van der Waals surface area contributed by atoms with Gasteiger partial charge in [-0.2, -0.15) is 0 Å². The van der Waals surface area contributed by atoms with Gasteiger partial charge in [-0.15, -0.1) is 0 Å². The van der Waals surface area contributed by atoms with Crippen LogP contribution in [0.2, 0.25) is 5.02 Å². The van der Waals surface area contributed by atoms with Gasteiger partial charge < -0.3 is 15.2 Å². The van der Waals surface area contributed by atoms with Gasteiger partial charge in [0.05, 0.1) is 11.6 Å². The first-order chi connectivity index (χ1) is 10.2. The average molecular weight is 304 g/mol. The van der Waals surface area contributed by atoms with Crippen LogP contribution in [0.25, 0.3) is 0 Å². The molecule has 3 rings (SSSR count). The topological polar surface area (TPSA) is 58.6 Å². The lowest BCUT2D eigenvalue weighted by Gasteiger charge is -2.18. The summed E-state index contributed by atoms with van der Waals surface area (Å²) in [6, 6.07) is 10.7. The van der Waals surface area contributed by atoms with Crippen molar-refractivity contribution in [1.82, 2.24) is 0 Å². The van der Waals surface area contributed by atoms with Crippen LogP contribution in [0.4, 0.5) is 5.69 Å². The number of fused-ring (bicyclic) bond motifs is 1. The fraction of sp³-hybridized carbons (Fsp3) is 0.188. The van der Waals surface area contributed by atoms with Crippen molar-refractivity contribution in [2.45, 2.75) is 19.4 Å². The van der Waals surface area contributed by atoms with Gasteiger partial charge in [0.15, 0.2) is 5.75 Å². The zero-order chi connectivity index (χ0) is 14.8. The first-order valence-corrected chi connectivity index (χ1v) is 7.04. The molecule has 0 fully saturated rings. The standard InChI is InChI=1S/C16H14ClNO3/c17-13-3-1-2-11(9-19)16(13)21-12-5-6-14-10(8-12)4-7-15(20)18-14/h1-3,5-6,8,19H,4,7,9H2,(H,18,20). The molecule has 5 heteroatoms. The largest absolute Gasteiger partial charge is 0.455 e. The highest BCUT2D eigenvalue weighted by molar-refractivity contribution is 6.32. The van der Waals surface area contributed by atoms with Crippen molar-refractivity contribution in [1.29, 1.82) is 0 Å². The smallest absolute Gasteiger partial charge is 0.224 e. The fourth-order valence-electron chi connectivity index (χ4n) is 2.33. The van der Waals surface area contributed by atoms with Crippen LogP contribution in [0, 0.1) is 0 Å². The number of hydrogen-bond acceptors (Lipinski definition) is 3. The van der Waals surface area contributed by atoms with E-state index in [1.807, 2.05) is 12.1 Å². The van der Waals surface area contributed by atoms with Crippen molar-refractivity contribution in [2.24, 2.45) is 0 Å². The first kappa shape index (κ1) is 13.9. The number of amides is 1. The van der Waals surface area contributed by atoms with E-state index in [0.29, 0.717) is 34.9 Å². The number of benzene rings is 2. The molecule has 0 radical (unpaired) electrons. The highest BCUT2D eigenvalue weighted by atomic mass is 35.5. The van der Waals surface area contributed by atoms with Crippen molar-refractivity contribution < 1.29 is 14.6 Å². The number of carbonyl (C=O) groups is 1. The zero-order valence-corrected chi connectivity index (χ0v) is 12.0. The minimum absolute atomic E-state index is 0.0323. The molecule has 0 aliphatic carbocycles. The van der Waals surface area contributed by atoms with Crippen LogP contribution < -0.4 is 10.1 Å². The summed E-state index contributed by atoms with van der Waals surface area (Å²) >= 11 is 6.13. The van der Waals surface area contributed by atoms with E-state index in [1.54, 1.807) is 24.3 Å². The molecule has 1 amide bonds. The molecule has 1 aliphatic rings. The highest BCUT2D eigenvalue weighted by Gasteiger charge is 2.16. The number of aryl methyl sites for hydroxylation is 1. The maximum absolute atomic E-state index is 11.3. The Bertz CT molecular complexity index is 700. The van der Waals surface area contributed by atoms with Gasteiger partial charge in [0.1, 0.15) is 5.75 Å². The van der Waals surface area contributed by atoms with Crippen LogP contribution in [0.15, 0.2) is 36.4 Å². The third kappa shape index (κ3) is 2.86. The van der Waals surface area contributed by atoms with E-state index < -0.39 is 0 Å². The molecule has 0 saturated heterocycles. The van der Waals surface area contributed by atoms with Crippen LogP contribution in [0.1, 0.15) is 17.5 Å². The van der Waals surface area contributed by atoms with Crippen molar-refractivity contribution >= 4 is 23.2 Å². The molecule has 108 valence electrons. The van der Waals surface area contributed by atoms with Crippen molar-refractivity contribution in [3.8, 4) is 11.5 Å². The van der Waals surface area contributed by atoms with Crippen molar-refractivity contribution in [3.05, 3.63) is 52.5 Å². The summed E-state index contributed by atoms with van der Waals surface area (Å²) in [5.74, 6) is 1.12. The minimum atomic E-state index is -0.142.